The Balaban J connectivity index is 0.000000345. The van der Waals surface area contributed by atoms with Crippen molar-refractivity contribution in [3.05, 3.63) is 47.9 Å². The van der Waals surface area contributed by atoms with Gasteiger partial charge in [0.25, 0.3) is 5.91 Å². The fraction of sp³-hybridized carbons (Fsp3) is 0.235. The lowest BCUT2D eigenvalue weighted by atomic mass is 10.1. The van der Waals surface area contributed by atoms with Gasteiger partial charge in [-0.3, -0.25) is 9.78 Å². The Morgan fingerprint density at radius 1 is 1.21 bits per heavy atom. The molecule has 1 aromatic heterocycles. The third-order valence-electron chi connectivity index (χ3n) is 3.56. The van der Waals surface area contributed by atoms with Crippen molar-refractivity contribution in [1.82, 2.24) is 10.3 Å². The van der Waals surface area contributed by atoms with Crippen molar-refractivity contribution in [2.75, 3.05) is 13.1 Å². The number of nitrogens with two attached hydrogens (primary N) is 1. The van der Waals surface area contributed by atoms with Gasteiger partial charge in [0, 0.05) is 18.7 Å². The molecule has 1 aliphatic heterocycles. The molecule has 1 saturated heterocycles. The smallest absolute Gasteiger partial charge is 0.486 e. The van der Waals surface area contributed by atoms with E-state index in [-0.39, 0.29) is 11.7 Å². The second-order valence-electron chi connectivity index (χ2n) is 5.64. The number of amides is 1. The number of pyridine rings is 1. The van der Waals surface area contributed by atoms with Gasteiger partial charge in [-0.05, 0) is 24.3 Å². The van der Waals surface area contributed by atoms with E-state index in [1.165, 1.54) is 12.1 Å². The van der Waals surface area contributed by atoms with Gasteiger partial charge in [0.15, 0.2) is 0 Å². The Hall–Kier alpha value is -3.21. The number of hydrogen-bond donors (Lipinski definition) is 3. The minimum Gasteiger partial charge on any atom is -0.486 e. The molecular formula is C17H15F4N3O4. The SMILES string of the molecule is NC(=O)c1ccc(-c2ccc(OC3CNC3)cn2)cc1F.O=C(O)C(F)(F)F. The average molecular weight is 401 g/mol. The second kappa shape index (κ2) is 8.65. The zero-order valence-electron chi connectivity index (χ0n) is 14.2. The highest BCUT2D eigenvalue weighted by Gasteiger charge is 2.38. The molecule has 2 heterocycles. The van der Waals surface area contributed by atoms with E-state index >= 15 is 0 Å². The monoisotopic (exact) mass is 401 g/mol. The first-order valence-corrected chi connectivity index (χ1v) is 7.81. The van der Waals surface area contributed by atoms with Crippen molar-refractivity contribution in [3.8, 4) is 17.0 Å². The van der Waals surface area contributed by atoms with Gasteiger partial charge in [0.05, 0.1) is 17.5 Å². The maximum absolute atomic E-state index is 13.7. The van der Waals surface area contributed by atoms with Crippen LogP contribution in [0.5, 0.6) is 5.75 Å². The van der Waals surface area contributed by atoms with Crippen LogP contribution in [0.4, 0.5) is 17.6 Å². The van der Waals surface area contributed by atoms with Gasteiger partial charge in [-0.25, -0.2) is 9.18 Å². The predicted molar refractivity (Wildman–Crippen MR) is 89.1 cm³/mol. The summed E-state index contributed by atoms with van der Waals surface area (Å²) in [6, 6.07) is 7.76. The maximum atomic E-state index is 13.7. The highest BCUT2D eigenvalue weighted by atomic mass is 19.4. The number of nitrogens with one attached hydrogen (secondary N) is 1. The van der Waals surface area contributed by atoms with Crippen LogP contribution in [-0.4, -0.2) is 47.3 Å². The number of nitrogens with zero attached hydrogens (tertiary/aromatic N) is 1. The van der Waals surface area contributed by atoms with Crippen LogP contribution in [0.1, 0.15) is 10.4 Å². The molecule has 1 fully saturated rings. The van der Waals surface area contributed by atoms with Crippen LogP contribution < -0.4 is 15.8 Å². The normalized spacial score (nSPS) is 13.7. The number of ether oxygens (including phenoxy) is 1. The number of hydrogen-bond acceptors (Lipinski definition) is 5. The molecule has 150 valence electrons. The highest BCUT2D eigenvalue weighted by Crippen LogP contribution is 2.22. The fourth-order valence-electron chi connectivity index (χ4n) is 2.03. The number of carbonyl (C=O) groups is 2. The van der Waals surface area contributed by atoms with Crippen LogP contribution in [-0.2, 0) is 4.79 Å². The lowest BCUT2D eigenvalue weighted by molar-refractivity contribution is -0.192. The third kappa shape index (κ3) is 5.64. The van der Waals surface area contributed by atoms with Gasteiger partial charge >= 0.3 is 12.1 Å². The molecule has 28 heavy (non-hydrogen) atoms. The minimum atomic E-state index is -5.08. The van der Waals surface area contributed by atoms with Crippen LogP contribution in [0.25, 0.3) is 11.3 Å². The summed E-state index contributed by atoms with van der Waals surface area (Å²) >= 11 is 0. The van der Waals surface area contributed by atoms with Crippen LogP contribution in [0, 0.1) is 5.82 Å². The summed E-state index contributed by atoms with van der Waals surface area (Å²) < 4.78 is 51.1. The number of alkyl halides is 3. The molecule has 3 rings (SSSR count). The number of carbonyl (C=O) groups excluding carboxylic acids is 1. The molecule has 4 N–H and O–H groups in total. The molecule has 0 bridgehead atoms. The van der Waals surface area contributed by atoms with Crippen LogP contribution in [0.2, 0.25) is 0 Å². The quantitative estimate of drug-likeness (QED) is 0.675. The molecule has 11 heteroatoms. The summed E-state index contributed by atoms with van der Waals surface area (Å²) in [7, 11) is 0. The second-order valence-corrected chi connectivity index (χ2v) is 5.64. The van der Waals surface area contributed by atoms with Crippen LogP contribution >= 0.6 is 0 Å². The Morgan fingerprint density at radius 3 is 2.25 bits per heavy atom. The number of aliphatic carboxylic acids is 1. The fourth-order valence-corrected chi connectivity index (χ4v) is 2.03. The lowest BCUT2D eigenvalue weighted by Crippen LogP contribution is -2.50. The Labute approximate surface area is 156 Å². The highest BCUT2D eigenvalue weighted by molar-refractivity contribution is 5.93. The first-order chi connectivity index (χ1) is 13.1. The molecule has 2 aromatic rings. The van der Waals surface area contributed by atoms with E-state index in [0.29, 0.717) is 17.0 Å². The van der Waals surface area contributed by atoms with Crippen molar-refractivity contribution in [2.24, 2.45) is 5.73 Å². The molecule has 0 radical (unpaired) electrons. The number of halogens is 4. The predicted octanol–water partition coefficient (Wildman–Crippen LogP) is 1.97. The molecule has 0 atom stereocenters. The van der Waals surface area contributed by atoms with E-state index in [1.807, 2.05) is 0 Å². The van der Waals surface area contributed by atoms with Crippen molar-refractivity contribution in [1.29, 1.82) is 0 Å². The van der Waals surface area contributed by atoms with Crippen molar-refractivity contribution in [2.45, 2.75) is 12.3 Å². The number of benzene rings is 1. The number of rotatable bonds is 4. The summed E-state index contributed by atoms with van der Waals surface area (Å²) in [6.07, 6.45) is -3.29. The Morgan fingerprint density at radius 2 is 1.86 bits per heavy atom. The van der Waals surface area contributed by atoms with Gasteiger partial charge in [-0.1, -0.05) is 6.07 Å². The number of aromatic nitrogens is 1. The summed E-state index contributed by atoms with van der Waals surface area (Å²) in [4.78, 5) is 24.1. The van der Waals surface area contributed by atoms with E-state index < -0.39 is 23.9 Å². The first-order valence-electron chi connectivity index (χ1n) is 7.81. The summed E-state index contributed by atoms with van der Waals surface area (Å²) in [6.45, 7) is 1.67. The van der Waals surface area contributed by atoms with E-state index in [0.717, 1.165) is 13.1 Å². The standard InChI is InChI=1S/C15H14FN3O2.C2HF3O2/c16-13-5-9(1-3-12(13)15(17)20)14-4-2-10(8-19-14)21-11-6-18-7-11;3-2(4,5)1(6)7/h1-5,8,11,18H,6-7H2,(H2,17,20);(H,6,7). The van der Waals surface area contributed by atoms with Crippen molar-refractivity contribution < 1.29 is 37.0 Å². The number of primary amides is 1. The van der Waals surface area contributed by atoms with Crippen molar-refractivity contribution in [3.63, 3.8) is 0 Å². The van der Waals surface area contributed by atoms with E-state index in [1.54, 1.807) is 24.4 Å². The van der Waals surface area contributed by atoms with Crippen molar-refractivity contribution >= 4 is 11.9 Å². The first kappa shape index (κ1) is 21.1. The van der Waals surface area contributed by atoms with Gasteiger partial charge in [0.2, 0.25) is 0 Å². The molecule has 0 spiro atoms. The van der Waals surface area contributed by atoms with Gasteiger partial charge in [0.1, 0.15) is 17.7 Å². The van der Waals surface area contributed by atoms with E-state index in [9.17, 15) is 22.4 Å². The zero-order valence-corrected chi connectivity index (χ0v) is 14.2. The summed E-state index contributed by atoms with van der Waals surface area (Å²) in [5.74, 6) is -3.51. The molecule has 1 amide bonds. The summed E-state index contributed by atoms with van der Waals surface area (Å²) in [5, 5.41) is 10.2. The molecule has 1 aromatic carbocycles. The van der Waals surface area contributed by atoms with Gasteiger partial charge in [-0.2, -0.15) is 13.2 Å². The molecule has 1 aliphatic rings. The average Bonchev–Trinajstić information content (AvgIpc) is 2.58. The maximum Gasteiger partial charge on any atom is 0.490 e. The number of carboxylic acids is 1. The zero-order chi connectivity index (χ0) is 20.9. The molecule has 0 aliphatic carbocycles. The van der Waals surface area contributed by atoms with Crippen LogP contribution in [0.15, 0.2) is 36.5 Å². The largest absolute Gasteiger partial charge is 0.490 e. The van der Waals surface area contributed by atoms with Crippen LogP contribution in [0.3, 0.4) is 0 Å². The molecular weight excluding hydrogens is 386 g/mol. The molecule has 0 saturated carbocycles. The Kier molecular flexibility index (Phi) is 6.52. The molecule has 7 nitrogen and oxygen atoms in total. The molecule has 0 unspecified atom stereocenters. The minimum absolute atomic E-state index is 0.129. The topological polar surface area (TPSA) is 115 Å². The van der Waals surface area contributed by atoms with E-state index in [2.05, 4.69) is 10.3 Å². The Bertz CT molecular complexity index is 852. The number of carboxylic acid groups (broad SMARTS) is 1. The lowest BCUT2D eigenvalue weighted by Gasteiger charge is -2.27. The van der Waals surface area contributed by atoms with Gasteiger partial charge < -0.3 is 20.9 Å². The van der Waals surface area contributed by atoms with E-state index in [4.69, 9.17) is 20.4 Å². The third-order valence-corrected chi connectivity index (χ3v) is 3.56. The van der Waals surface area contributed by atoms with Gasteiger partial charge in [-0.15, -0.1) is 0 Å². The summed E-state index contributed by atoms with van der Waals surface area (Å²) in [5.41, 5.74) is 6.12.